The first-order valence-corrected chi connectivity index (χ1v) is 11.1. The van der Waals surface area contributed by atoms with Crippen molar-refractivity contribution in [1.29, 1.82) is 0 Å². The van der Waals surface area contributed by atoms with E-state index in [9.17, 15) is 5.11 Å². The van der Waals surface area contributed by atoms with Crippen LogP contribution in [0.25, 0.3) is 10.6 Å². The predicted molar refractivity (Wildman–Crippen MR) is 120 cm³/mol. The van der Waals surface area contributed by atoms with Crippen LogP contribution in [0.15, 0.2) is 70.5 Å². The van der Waals surface area contributed by atoms with E-state index in [1.165, 1.54) is 21.1 Å². The quantitative estimate of drug-likeness (QED) is 0.358. The van der Waals surface area contributed by atoms with Gasteiger partial charge in [-0.2, -0.15) is 0 Å². The maximum absolute atomic E-state index is 9.78. The van der Waals surface area contributed by atoms with E-state index in [0.717, 1.165) is 21.9 Å². The van der Waals surface area contributed by atoms with Crippen LogP contribution in [0.5, 0.6) is 5.75 Å². The molecule has 1 aromatic heterocycles. The molecule has 144 valence electrons. The molecule has 4 nitrogen and oxygen atoms in total. The van der Waals surface area contributed by atoms with Crippen molar-refractivity contribution >= 4 is 57.7 Å². The van der Waals surface area contributed by atoms with Crippen molar-refractivity contribution in [3.05, 3.63) is 75.7 Å². The summed E-state index contributed by atoms with van der Waals surface area (Å²) in [6.45, 7) is 0.603. The fourth-order valence-corrected chi connectivity index (χ4v) is 5.61. The minimum absolute atomic E-state index is 0.124. The van der Waals surface area contributed by atoms with Gasteiger partial charge in [0.2, 0.25) is 0 Å². The summed E-state index contributed by atoms with van der Waals surface area (Å²) in [7, 11) is 0. The summed E-state index contributed by atoms with van der Waals surface area (Å²) in [6, 6.07) is 20.0. The Hall–Kier alpha value is -2.25. The second-order valence-corrected chi connectivity index (χ2v) is 9.37. The summed E-state index contributed by atoms with van der Waals surface area (Å²) in [5, 5.41) is 20.4. The molecule has 1 aliphatic heterocycles. The van der Waals surface area contributed by atoms with E-state index in [1.807, 2.05) is 12.1 Å². The minimum Gasteiger partial charge on any atom is -0.505 e. The number of phenolic OH excluding ortho intramolecular Hbond substituents is 1. The first-order chi connectivity index (χ1) is 14.1. The van der Waals surface area contributed by atoms with Crippen molar-refractivity contribution in [2.75, 3.05) is 4.90 Å². The van der Waals surface area contributed by atoms with Crippen LogP contribution < -0.4 is 4.90 Å². The topological polar surface area (TPSA) is 49.3 Å². The Balaban J connectivity index is 1.51. The lowest BCUT2D eigenvalue weighted by molar-refractivity contribution is 0.476. The van der Waals surface area contributed by atoms with Crippen LogP contribution in [0.4, 0.5) is 11.4 Å². The molecule has 4 aromatic rings. The van der Waals surface area contributed by atoms with Gasteiger partial charge < -0.3 is 10.0 Å². The van der Waals surface area contributed by atoms with Gasteiger partial charge in [0, 0.05) is 15.4 Å². The highest BCUT2D eigenvalue weighted by molar-refractivity contribution is 7.99. The Kier molecular flexibility index (Phi) is 4.87. The number of anilines is 2. The van der Waals surface area contributed by atoms with Gasteiger partial charge in [-0.15, -0.1) is 10.2 Å². The number of aromatic hydroxyl groups is 1. The maximum atomic E-state index is 9.78. The van der Waals surface area contributed by atoms with Crippen LogP contribution in [-0.2, 0) is 6.54 Å². The van der Waals surface area contributed by atoms with Gasteiger partial charge >= 0.3 is 0 Å². The van der Waals surface area contributed by atoms with Crippen molar-refractivity contribution in [2.24, 2.45) is 0 Å². The highest BCUT2D eigenvalue weighted by Crippen LogP contribution is 2.48. The lowest BCUT2D eigenvalue weighted by atomic mass is 10.2. The fourth-order valence-electron chi connectivity index (χ4n) is 3.21. The number of hydrogen-bond acceptors (Lipinski definition) is 6. The van der Waals surface area contributed by atoms with Gasteiger partial charge in [0.15, 0.2) is 5.75 Å². The number of hydrogen-bond donors (Lipinski definition) is 1. The van der Waals surface area contributed by atoms with Crippen LogP contribution in [0.2, 0.25) is 10.0 Å². The number of rotatable bonds is 3. The molecule has 5 rings (SSSR count). The van der Waals surface area contributed by atoms with E-state index in [-0.39, 0.29) is 15.8 Å². The molecule has 0 amide bonds. The molecule has 2 heterocycles. The number of aromatic nitrogens is 2. The molecule has 0 fully saturated rings. The molecule has 0 bridgehead atoms. The summed E-state index contributed by atoms with van der Waals surface area (Å²) in [4.78, 5) is 4.70. The van der Waals surface area contributed by atoms with E-state index >= 15 is 0 Å². The van der Waals surface area contributed by atoms with E-state index in [2.05, 4.69) is 51.5 Å². The van der Waals surface area contributed by atoms with Crippen molar-refractivity contribution in [3.63, 3.8) is 0 Å². The minimum atomic E-state index is -0.124. The smallest absolute Gasteiger partial charge is 0.152 e. The highest BCUT2D eigenvalue weighted by Gasteiger charge is 2.24. The molecule has 1 N–H and O–H groups in total. The first-order valence-electron chi connectivity index (χ1n) is 8.74. The van der Waals surface area contributed by atoms with E-state index in [1.54, 1.807) is 23.9 Å². The third-order valence-corrected chi connectivity index (χ3v) is 7.22. The molecule has 0 saturated carbocycles. The summed E-state index contributed by atoms with van der Waals surface area (Å²) in [5.74, 6) is -0.124. The number of phenols is 1. The van der Waals surface area contributed by atoms with Crippen molar-refractivity contribution in [2.45, 2.75) is 16.3 Å². The van der Waals surface area contributed by atoms with Crippen LogP contribution >= 0.6 is 46.3 Å². The number of nitrogens with zero attached hydrogens (tertiary/aromatic N) is 3. The number of fused-ring (bicyclic) bond motifs is 2. The maximum Gasteiger partial charge on any atom is 0.152 e. The Bertz CT molecular complexity index is 1160. The monoisotopic (exact) mass is 457 g/mol. The molecule has 0 spiro atoms. The average Bonchev–Trinajstić information content (AvgIpc) is 3.20. The van der Waals surface area contributed by atoms with Gasteiger partial charge in [-0.3, -0.25) is 0 Å². The van der Waals surface area contributed by atoms with Gasteiger partial charge in [0.25, 0.3) is 0 Å². The lowest BCUT2D eigenvalue weighted by Crippen LogP contribution is -2.20. The highest BCUT2D eigenvalue weighted by atomic mass is 35.5. The molecule has 3 aromatic carbocycles. The van der Waals surface area contributed by atoms with Gasteiger partial charge in [-0.1, -0.05) is 70.6 Å². The van der Waals surface area contributed by atoms with Gasteiger partial charge in [-0.05, 0) is 36.4 Å². The molecule has 0 aliphatic carbocycles. The zero-order valence-electron chi connectivity index (χ0n) is 14.8. The third kappa shape index (κ3) is 3.46. The van der Waals surface area contributed by atoms with Crippen LogP contribution in [-0.4, -0.2) is 15.3 Å². The summed E-state index contributed by atoms with van der Waals surface area (Å²) in [6.07, 6.45) is 0. The van der Waals surface area contributed by atoms with Crippen LogP contribution in [0.1, 0.15) is 5.01 Å². The van der Waals surface area contributed by atoms with E-state index in [4.69, 9.17) is 23.2 Å². The molecular weight excluding hydrogens is 445 g/mol. The molecule has 8 heteroatoms. The molecule has 29 heavy (non-hydrogen) atoms. The number of para-hydroxylation sites is 2. The Morgan fingerprint density at radius 2 is 1.45 bits per heavy atom. The first kappa shape index (κ1) is 18.8. The molecule has 0 unspecified atom stereocenters. The number of halogens is 2. The molecule has 1 aliphatic rings. The second kappa shape index (κ2) is 7.54. The van der Waals surface area contributed by atoms with Gasteiger partial charge in [0.1, 0.15) is 10.0 Å². The molecule has 0 radical (unpaired) electrons. The van der Waals surface area contributed by atoms with E-state index < -0.39 is 0 Å². The normalized spacial score (nSPS) is 12.6. The number of benzene rings is 3. The third-order valence-electron chi connectivity index (χ3n) is 4.56. The van der Waals surface area contributed by atoms with Gasteiger partial charge in [-0.25, -0.2) is 0 Å². The second-order valence-electron chi connectivity index (χ2n) is 6.41. The van der Waals surface area contributed by atoms with Crippen LogP contribution in [0, 0.1) is 0 Å². The summed E-state index contributed by atoms with van der Waals surface area (Å²) < 4.78 is 0. The zero-order chi connectivity index (χ0) is 20.0. The molecule has 0 saturated heterocycles. The van der Waals surface area contributed by atoms with E-state index in [0.29, 0.717) is 11.6 Å². The Morgan fingerprint density at radius 3 is 2.07 bits per heavy atom. The Morgan fingerprint density at radius 1 is 0.862 bits per heavy atom. The van der Waals surface area contributed by atoms with Crippen molar-refractivity contribution < 1.29 is 5.11 Å². The average molecular weight is 458 g/mol. The zero-order valence-corrected chi connectivity index (χ0v) is 18.0. The lowest BCUT2D eigenvalue weighted by Gasteiger charge is -2.31. The molecule has 0 atom stereocenters. The fraction of sp³-hybridized carbons (Fsp3) is 0.0476. The predicted octanol–water partition coefficient (Wildman–Crippen LogP) is 7.02. The summed E-state index contributed by atoms with van der Waals surface area (Å²) >= 11 is 15.4. The van der Waals surface area contributed by atoms with Crippen LogP contribution in [0.3, 0.4) is 0 Å². The summed E-state index contributed by atoms with van der Waals surface area (Å²) in [5.41, 5.74) is 3.05. The largest absolute Gasteiger partial charge is 0.505 e. The van der Waals surface area contributed by atoms with Crippen molar-refractivity contribution in [3.8, 4) is 16.3 Å². The molecular formula is C21H13Cl2N3OS2. The standard InChI is InChI=1S/C21H13Cl2N3OS2/c22-13-9-12(10-14(23)20(13)27)21-25-24-19(29-21)11-26-15-5-1-3-7-17(15)28-18-8-4-2-6-16(18)26/h1-10,27H,11H2. The SMILES string of the molecule is Oc1c(Cl)cc(-c2nnc(CN3c4ccccc4Sc4ccccc43)s2)cc1Cl. The Labute approximate surface area is 185 Å². The van der Waals surface area contributed by atoms with Gasteiger partial charge in [0.05, 0.1) is 28.0 Å². The van der Waals surface area contributed by atoms with Crippen molar-refractivity contribution in [1.82, 2.24) is 10.2 Å².